The predicted octanol–water partition coefficient (Wildman–Crippen LogP) is 2.20. The van der Waals surface area contributed by atoms with Crippen LogP contribution in [0.2, 0.25) is 0 Å². The van der Waals surface area contributed by atoms with Gasteiger partial charge in [-0.2, -0.15) is 5.10 Å². The van der Waals surface area contributed by atoms with Crippen molar-refractivity contribution in [2.45, 2.75) is 0 Å². The second-order valence-corrected chi connectivity index (χ2v) is 5.86. The summed E-state index contributed by atoms with van der Waals surface area (Å²) in [5.41, 5.74) is 3.33. The monoisotopic (exact) mass is 374 g/mol. The molecule has 0 aliphatic carbocycles. The van der Waals surface area contributed by atoms with Crippen LogP contribution in [0.4, 0.5) is 16.6 Å². The molecule has 2 heterocycles. The fourth-order valence-corrected chi connectivity index (χ4v) is 2.70. The summed E-state index contributed by atoms with van der Waals surface area (Å²) in [7, 11) is 1.52. The average molecular weight is 374 g/mol. The topological polar surface area (TPSA) is 154 Å². The molecule has 0 atom stereocenters. The van der Waals surface area contributed by atoms with Gasteiger partial charge in [0, 0.05) is 12.1 Å². The molecular formula is C13H10N8O4S. The van der Waals surface area contributed by atoms with E-state index >= 15 is 0 Å². The lowest BCUT2D eigenvalue weighted by Crippen LogP contribution is -1.98. The number of imidazole rings is 1. The summed E-state index contributed by atoms with van der Waals surface area (Å²) >= 11 is 1.12. The number of anilines is 1. The second kappa shape index (κ2) is 7.02. The van der Waals surface area contributed by atoms with Gasteiger partial charge in [0.15, 0.2) is 0 Å². The first kappa shape index (κ1) is 17.1. The molecule has 1 N–H and O–H groups in total. The molecule has 2 aromatic heterocycles. The summed E-state index contributed by atoms with van der Waals surface area (Å²) in [5, 5.41) is 34.0. The Morgan fingerprint density at radius 3 is 2.54 bits per heavy atom. The van der Waals surface area contributed by atoms with E-state index < -0.39 is 9.85 Å². The molecule has 0 aliphatic rings. The summed E-state index contributed by atoms with van der Waals surface area (Å²) in [5.74, 6) is 0.169. The number of aromatic nitrogens is 4. The van der Waals surface area contributed by atoms with E-state index in [0.29, 0.717) is 21.5 Å². The zero-order chi connectivity index (χ0) is 18.7. The van der Waals surface area contributed by atoms with Gasteiger partial charge in [-0.05, 0) is 22.6 Å². The van der Waals surface area contributed by atoms with Crippen molar-refractivity contribution in [3.8, 4) is 10.8 Å². The molecule has 0 amide bonds. The number of nitro groups is 2. The minimum atomic E-state index is -0.537. The summed E-state index contributed by atoms with van der Waals surface area (Å²) in [6.45, 7) is 0. The van der Waals surface area contributed by atoms with E-state index in [1.54, 1.807) is 12.1 Å². The third-order valence-corrected chi connectivity index (χ3v) is 4.07. The van der Waals surface area contributed by atoms with Crippen molar-refractivity contribution < 1.29 is 9.85 Å². The van der Waals surface area contributed by atoms with Crippen LogP contribution in [0, 0.1) is 20.2 Å². The number of benzene rings is 1. The van der Waals surface area contributed by atoms with Gasteiger partial charge in [-0.3, -0.25) is 15.5 Å². The Hall–Kier alpha value is -3.74. The molecule has 12 nitrogen and oxygen atoms in total. The highest BCUT2D eigenvalue weighted by Gasteiger charge is 2.21. The summed E-state index contributed by atoms with van der Waals surface area (Å²) in [4.78, 5) is 24.4. The Labute approximate surface area is 149 Å². The Bertz CT molecular complexity index is 994. The molecule has 1 aromatic carbocycles. The summed E-state index contributed by atoms with van der Waals surface area (Å²) in [6, 6.07) is 5.86. The van der Waals surface area contributed by atoms with Crippen LogP contribution in [0.15, 0.2) is 35.6 Å². The zero-order valence-electron chi connectivity index (χ0n) is 13.1. The van der Waals surface area contributed by atoms with E-state index in [2.05, 4.69) is 25.7 Å². The number of rotatable bonds is 6. The Morgan fingerprint density at radius 1 is 1.19 bits per heavy atom. The van der Waals surface area contributed by atoms with Crippen molar-refractivity contribution in [2.24, 2.45) is 12.1 Å². The van der Waals surface area contributed by atoms with E-state index in [-0.39, 0.29) is 11.5 Å². The van der Waals surface area contributed by atoms with Crippen molar-refractivity contribution in [3.05, 3.63) is 56.3 Å². The van der Waals surface area contributed by atoms with E-state index in [1.165, 1.54) is 30.0 Å². The lowest BCUT2D eigenvalue weighted by atomic mass is 10.2. The Balaban J connectivity index is 1.69. The van der Waals surface area contributed by atoms with Crippen LogP contribution in [-0.2, 0) is 7.05 Å². The zero-order valence-corrected chi connectivity index (χ0v) is 14.0. The highest BCUT2D eigenvalue weighted by atomic mass is 32.1. The molecule has 0 unspecified atom stereocenters. The Kier molecular flexibility index (Phi) is 4.62. The molecular weight excluding hydrogens is 364 g/mol. The molecule has 0 aliphatic heterocycles. The van der Waals surface area contributed by atoms with Crippen molar-refractivity contribution in [2.75, 3.05) is 5.43 Å². The minimum absolute atomic E-state index is 0.00645. The van der Waals surface area contributed by atoms with Crippen molar-refractivity contribution in [1.82, 2.24) is 19.7 Å². The van der Waals surface area contributed by atoms with Gasteiger partial charge in [0.2, 0.25) is 10.1 Å². The molecule has 0 fully saturated rings. The van der Waals surface area contributed by atoms with Gasteiger partial charge in [-0.15, -0.1) is 10.2 Å². The van der Waals surface area contributed by atoms with Crippen LogP contribution in [0.5, 0.6) is 0 Å². The molecule has 0 spiro atoms. The first-order valence-corrected chi connectivity index (χ1v) is 7.81. The van der Waals surface area contributed by atoms with E-state index in [0.717, 1.165) is 17.5 Å². The molecule has 3 rings (SSSR count). The summed E-state index contributed by atoms with van der Waals surface area (Å²) < 4.78 is 1.31. The van der Waals surface area contributed by atoms with Crippen LogP contribution in [0.1, 0.15) is 5.56 Å². The number of nitrogens with zero attached hydrogens (tertiary/aromatic N) is 7. The fraction of sp³-hybridized carbons (Fsp3) is 0.0769. The van der Waals surface area contributed by atoms with Crippen LogP contribution in [0.25, 0.3) is 10.8 Å². The minimum Gasteiger partial charge on any atom is -0.358 e. The van der Waals surface area contributed by atoms with Gasteiger partial charge in [0.25, 0.3) is 11.5 Å². The van der Waals surface area contributed by atoms with Crippen molar-refractivity contribution in [3.63, 3.8) is 0 Å². The lowest BCUT2D eigenvalue weighted by molar-refractivity contribution is -0.391. The first-order valence-electron chi connectivity index (χ1n) is 6.99. The van der Waals surface area contributed by atoms with Crippen LogP contribution in [0.3, 0.4) is 0 Å². The van der Waals surface area contributed by atoms with Crippen molar-refractivity contribution >= 4 is 34.2 Å². The normalized spacial score (nSPS) is 11.0. The van der Waals surface area contributed by atoms with Crippen molar-refractivity contribution in [1.29, 1.82) is 0 Å². The van der Waals surface area contributed by atoms with Gasteiger partial charge in [0.05, 0.1) is 18.2 Å². The maximum Gasteiger partial charge on any atom is 0.342 e. The average Bonchev–Trinajstić information content (AvgIpc) is 3.21. The maximum absolute atomic E-state index is 10.8. The fourth-order valence-electron chi connectivity index (χ4n) is 1.97. The van der Waals surface area contributed by atoms with Crippen LogP contribution in [-0.4, -0.2) is 35.8 Å². The van der Waals surface area contributed by atoms with E-state index in [4.69, 9.17) is 0 Å². The third kappa shape index (κ3) is 3.51. The molecule has 0 saturated heterocycles. The largest absolute Gasteiger partial charge is 0.358 e. The number of hydrogen-bond donors (Lipinski definition) is 1. The summed E-state index contributed by atoms with van der Waals surface area (Å²) in [6.07, 6.45) is 2.62. The van der Waals surface area contributed by atoms with E-state index in [1.807, 2.05) is 0 Å². The molecule has 26 heavy (non-hydrogen) atoms. The predicted molar refractivity (Wildman–Crippen MR) is 93.1 cm³/mol. The Morgan fingerprint density at radius 2 is 1.92 bits per heavy atom. The highest BCUT2D eigenvalue weighted by molar-refractivity contribution is 7.18. The molecule has 0 radical (unpaired) electrons. The number of nitrogens with one attached hydrogen (secondary N) is 1. The standard InChI is InChI=1S/C13H10N8O4S/c1-19-10(21(24)25)7-14-11(19)12-16-18-13(26-12)17-15-6-8-2-4-9(5-3-8)20(22)23/h2-7H,1H3,(H,17,18)/b15-6-. The van der Waals surface area contributed by atoms with Crippen LogP contribution < -0.4 is 5.43 Å². The highest BCUT2D eigenvalue weighted by Crippen LogP contribution is 2.27. The third-order valence-electron chi connectivity index (χ3n) is 3.24. The number of nitro benzene ring substituents is 1. The molecule has 3 aromatic rings. The molecule has 0 saturated carbocycles. The van der Waals surface area contributed by atoms with Gasteiger partial charge >= 0.3 is 5.82 Å². The molecule has 0 bridgehead atoms. The number of hydrogen-bond acceptors (Lipinski definition) is 10. The SMILES string of the molecule is Cn1c([N+](=O)[O-])cnc1-c1nnc(N/N=C\c2ccc([N+](=O)[O-])cc2)s1. The number of non-ortho nitro benzene ring substituents is 1. The second-order valence-electron chi connectivity index (χ2n) is 4.89. The molecule has 13 heteroatoms. The lowest BCUT2D eigenvalue weighted by Gasteiger charge is -1.95. The number of hydrazone groups is 1. The van der Waals surface area contributed by atoms with Gasteiger partial charge < -0.3 is 10.1 Å². The van der Waals surface area contributed by atoms with Gasteiger partial charge in [0.1, 0.15) is 6.20 Å². The van der Waals surface area contributed by atoms with Gasteiger partial charge in [-0.25, -0.2) is 9.55 Å². The first-order chi connectivity index (χ1) is 12.5. The van der Waals surface area contributed by atoms with E-state index in [9.17, 15) is 20.2 Å². The van der Waals surface area contributed by atoms with Crippen LogP contribution >= 0.6 is 11.3 Å². The molecule has 132 valence electrons. The maximum atomic E-state index is 10.8. The quantitative estimate of drug-likeness (QED) is 0.391. The van der Waals surface area contributed by atoms with Gasteiger partial charge in [-0.1, -0.05) is 11.3 Å². The smallest absolute Gasteiger partial charge is 0.342 e.